The van der Waals surface area contributed by atoms with Crippen molar-refractivity contribution in [2.75, 3.05) is 6.54 Å². The van der Waals surface area contributed by atoms with Crippen molar-refractivity contribution in [2.45, 2.75) is 18.6 Å². The lowest BCUT2D eigenvalue weighted by molar-refractivity contribution is -0.148. The minimum Gasteiger partial charge on any atom is -0.391 e. The van der Waals surface area contributed by atoms with E-state index in [-0.39, 0.29) is 0 Å². The molecule has 0 aromatic carbocycles. The van der Waals surface area contributed by atoms with E-state index in [2.05, 4.69) is 16.1 Å². The van der Waals surface area contributed by atoms with Crippen LogP contribution in [-0.4, -0.2) is 29.8 Å². The zero-order valence-electron chi connectivity index (χ0n) is 5.41. The van der Waals surface area contributed by atoms with Crippen LogP contribution in [0.2, 0.25) is 0 Å². The Labute approximate surface area is 58.1 Å². The molecule has 0 saturated carbocycles. The molecule has 0 amide bonds. The molecule has 0 aliphatic carbocycles. The number of carbonyl (C=O) groups excluding carboxylic acids is 1. The zero-order valence-corrected chi connectivity index (χ0v) is 5.41. The highest BCUT2D eigenvalue weighted by atomic mass is 16.7. The molecule has 4 N–H and O–H groups in total. The first kappa shape index (κ1) is 7.46. The molecule has 1 fully saturated rings. The molecule has 58 valence electrons. The molecule has 5 heteroatoms. The Morgan fingerprint density at radius 1 is 1.80 bits per heavy atom. The summed E-state index contributed by atoms with van der Waals surface area (Å²) < 4.78 is 0. The summed E-state index contributed by atoms with van der Waals surface area (Å²) in [7, 11) is 0. The summed E-state index contributed by atoms with van der Waals surface area (Å²) in [5, 5.41) is 11.8. The average molecular weight is 146 g/mol. The fourth-order valence-electron chi connectivity index (χ4n) is 1.00. The third-order valence-electron chi connectivity index (χ3n) is 1.56. The Kier molecular flexibility index (Phi) is 2.21. The normalized spacial score (nSPS) is 32.2. The number of nitrogens with one attached hydrogen (secondary N) is 1. The van der Waals surface area contributed by atoms with Crippen LogP contribution in [0.4, 0.5) is 0 Å². The molecule has 1 saturated heterocycles. The minimum atomic E-state index is -0.656. The molecule has 1 aliphatic heterocycles. The third-order valence-corrected chi connectivity index (χ3v) is 1.56. The molecular formula is C5H10N2O3. The van der Waals surface area contributed by atoms with Crippen LogP contribution in [0.25, 0.3) is 0 Å². The van der Waals surface area contributed by atoms with Crippen molar-refractivity contribution in [2.24, 2.45) is 5.90 Å². The van der Waals surface area contributed by atoms with Crippen molar-refractivity contribution in [3.63, 3.8) is 0 Å². The van der Waals surface area contributed by atoms with Gasteiger partial charge < -0.3 is 15.3 Å². The van der Waals surface area contributed by atoms with Gasteiger partial charge in [0, 0.05) is 0 Å². The standard InChI is InChI=1S/C5H10N2O3/c6-10-5(9)4-3(8)1-2-7-4/h3-4,7-8H,1-2,6H2/t3?,4-/m0/s1. The summed E-state index contributed by atoms with van der Waals surface area (Å²) in [5.41, 5.74) is 0. The summed E-state index contributed by atoms with van der Waals surface area (Å²) in [6.45, 7) is 0.626. The van der Waals surface area contributed by atoms with Gasteiger partial charge in [0.05, 0.1) is 6.10 Å². The Morgan fingerprint density at radius 2 is 2.50 bits per heavy atom. The fraction of sp³-hybridized carbons (Fsp3) is 0.800. The lowest BCUT2D eigenvalue weighted by Crippen LogP contribution is -2.40. The summed E-state index contributed by atoms with van der Waals surface area (Å²) >= 11 is 0. The SMILES string of the molecule is NOC(=O)[C@H]1NCCC1O. The first-order valence-electron chi connectivity index (χ1n) is 3.07. The van der Waals surface area contributed by atoms with E-state index >= 15 is 0 Å². The van der Waals surface area contributed by atoms with Crippen LogP contribution in [0, 0.1) is 0 Å². The Balaban J connectivity index is 2.46. The largest absolute Gasteiger partial charge is 0.391 e. The second kappa shape index (κ2) is 2.96. The number of hydrogen-bond donors (Lipinski definition) is 3. The van der Waals surface area contributed by atoms with Gasteiger partial charge in [-0.3, -0.25) is 0 Å². The molecule has 0 spiro atoms. The van der Waals surface area contributed by atoms with E-state index in [9.17, 15) is 4.79 Å². The van der Waals surface area contributed by atoms with Gasteiger partial charge in [0.2, 0.25) is 0 Å². The van der Waals surface area contributed by atoms with Crippen LogP contribution in [-0.2, 0) is 9.63 Å². The molecule has 1 unspecified atom stereocenters. The van der Waals surface area contributed by atoms with Gasteiger partial charge in [-0.15, -0.1) is 0 Å². The molecular weight excluding hydrogens is 136 g/mol. The number of aliphatic hydroxyl groups is 1. The third kappa shape index (κ3) is 1.26. The monoisotopic (exact) mass is 146 g/mol. The van der Waals surface area contributed by atoms with E-state index in [1.165, 1.54) is 0 Å². The van der Waals surface area contributed by atoms with E-state index < -0.39 is 18.1 Å². The Morgan fingerprint density at radius 3 is 2.90 bits per heavy atom. The maximum atomic E-state index is 10.7. The summed E-state index contributed by atoms with van der Waals surface area (Å²) in [6.07, 6.45) is -0.0872. The topological polar surface area (TPSA) is 84.6 Å². The lowest BCUT2D eigenvalue weighted by Gasteiger charge is -2.09. The smallest absolute Gasteiger partial charge is 0.344 e. The molecule has 0 radical (unpaired) electrons. The van der Waals surface area contributed by atoms with Crippen molar-refractivity contribution < 1.29 is 14.7 Å². The van der Waals surface area contributed by atoms with Crippen molar-refractivity contribution in [1.82, 2.24) is 5.32 Å². The van der Waals surface area contributed by atoms with Crippen molar-refractivity contribution >= 4 is 5.97 Å². The minimum absolute atomic E-state index is 0.569. The number of carbonyl (C=O) groups is 1. The molecule has 5 nitrogen and oxygen atoms in total. The highest BCUT2D eigenvalue weighted by molar-refractivity contribution is 5.76. The molecule has 1 rings (SSSR count). The van der Waals surface area contributed by atoms with Crippen LogP contribution in [0.1, 0.15) is 6.42 Å². The average Bonchev–Trinajstić information content (AvgIpc) is 2.34. The van der Waals surface area contributed by atoms with Gasteiger partial charge in [-0.2, -0.15) is 5.90 Å². The molecule has 0 aromatic rings. The first-order chi connectivity index (χ1) is 4.75. The van der Waals surface area contributed by atoms with E-state index in [0.29, 0.717) is 13.0 Å². The van der Waals surface area contributed by atoms with Crippen molar-refractivity contribution in [3.05, 3.63) is 0 Å². The Hall–Kier alpha value is -0.650. The highest BCUT2D eigenvalue weighted by Gasteiger charge is 2.31. The summed E-state index contributed by atoms with van der Waals surface area (Å²) in [4.78, 5) is 14.6. The predicted molar refractivity (Wildman–Crippen MR) is 32.7 cm³/mol. The zero-order chi connectivity index (χ0) is 7.56. The van der Waals surface area contributed by atoms with Gasteiger partial charge in [0.25, 0.3) is 0 Å². The molecule has 2 atom stereocenters. The van der Waals surface area contributed by atoms with Gasteiger partial charge in [0.15, 0.2) is 0 Å². The molecule has 0 bridgehead atoms. The van der Waals surface area contributed by atoms with E-state index in [1.807, 2.05) is 0 Å². The van der Waals surface area contributed by atoms with Gasteiger partial charge in [0.1, 0.15) is 6.04 Å². The summed E-state index contributed by atoms with van der Waals surface area (Å²) in [5.74, 6) is 4.01. The number of nitrogens with two attached hydrogens (primary N) is 1. The molecule has 0 aromatic heterocycles. The van der Waals surface area contributed by atoms with Crippen LogP contribution in [0.3, 0.4) is 0 Å². The van der Waals surface area contributed by atoms with Crippen LogP contribution < -0.4 is 11.2 Å². The molecule has 1 aliphatic rings. The quantitative estimate of drug-likeness (QED) is 0.377. The van der Waals surface area contributed by atoms with Gasteiger partial charge in [-0.05, 0) is 13.0 Å². The molecule has 10 heavy (non-hydrogen) atoms. The van der Waals surface area contributed by atoms with Gasteiger partial charge in [-0.25, -0.2) is 4.79 Å². The summed E-state index contributed by atoms with van der Waals surface area (Å²) in [6, 6.07) is -0.634. The van der Waals surface area contributed by atoms with Crippen LogP contribution in [0.5, 0.6) is 0 Å². The van der Waals surface area contributed by atoms with E-state index in [1.54, 1.807) is 0 Å². The van der Waals surface area contributed by atoms with Gasteiger partial charge in [-0.1, -0.05) is 0 Å². The van der Waals surface area contributed by atoms with E-state index in [4.69, 9.17) is 5.11 Å². The van der Waals surface area contributed by atoms with Crippen LogP contribution >= 0.6 is 0 Å². The number of hydrogen-bond acceptors (Lipinski definition) is 5. The van der Waals surface area contributed by atoms with Gasteiger partial charge >= 0.3 is 5.97 Å². The maximum absolute atomic E-state index is 10.7. The number of rotatable bonds is 1. The second-order valence-corrected chi connectivity index (χ2v) is 2.22. The number of aliphatic hydroxyl groups excluding tert-OH is 1. The van der Waals surface area contributed by atoms with E-state index in [0.717, 1.165) is 0 Å². The fourth-order valence-corrected chi connectivity index (χ4v) is 1.00. The van der Waals surface area contributed by atoms with Crippen LogP contribution in [0.15, 0.2) is 0 Å². The lowest BCUT2D eigenvalue weighted by atomic mass is 10.2. The second-order valence-electron chi connectivity index (χ2n) is 2.22. The first-order valence-corrected chi connectivity index (χ1v) is 3.07. The highest BCUT2D eigenvalue weighted by Crippen LogP contribution is 2.06. The van der Waals surface area contributed by atoms with Crippen molar-refractivity contribution in [1.29, 1.82) is 0 Å². The maximum Gasteiger partial charge on any atom is 0.344 e. The predicted octanol–water partition coefficient (Wildman–Crippen LogP) is -1.87. The Bertz CT molecular complexity index is 139. The molecule has 1 heterocycles. The van der Waals surface area contributed by atoms with Crippen molar-refractivity contribution in [3.8, 4) is 0 Å².